The fourth-order valence-corrected chi connectivity index (χ4v) is 3.78. The third-order valence-electron chi connectivity index (χ3n) is 4.42. The molecule has 0 spiro atoms. The summed E-state index contributed by atoms with van der Waals surface area (Å²) >= 11 is 1.55. The van der Waals surface area contributed by atoms with Crippen molar-refractivity contribution >= 4 is 34.2 Å². The summed E-state index contributed by atoms with van der Waals surface area (Å²) in [5, 5.41) is 17.5. The average molecular weight is 371 g/mol. The lowest BCUT2D eigenvalue weighted by atomic mass is 9.91. The summed E-state index contributed by atoms with van der Waals surface area (Å²) in [6.07, 6.45) is 0.834. The van der Waals surface area contributed by atoms with E-state index < -0.39 is 11.6 Å². The second kappa shape index (κ2) is 7.21. The predicted molar refractivity (Wildman–Crippen MR) is 102 cm³/mol. The number of fused-ring (bicyclic) bond motifs is 1. The quantitative estimate of drug-likeness (QED) is 0.532. The van der Waals surface area contributed by atoms with Gasteiger partial charge < -0.3 is 20.7 Å². The molecule has 26 heavy (non-hydrogen) atoms. The van der Waals surface area contributed by atoms with Crippen molar-refractivity contribution in [2.24, 2.45) is 0 Å². The molecule has 2 amide bonds. The maximum absolute atomic E-state index is 12.9. The second-order valence-corrected chi connectivity index (χ2v) is 7.49. The van der Waals surface area contributed by atoms with Crippen LogP contribution >= 0.6 is 11.3 Å². The zero-order chi connectivity index (χ0) is 18.7. The van der Waals surface area contributed by atoms with Crippen molar-refractivity contribution in [1.29, 1.82) is 0 Å². The second-order valence-electron chi connectivity index (χ2n) is 6.51. The van der Waals surface area contributed by atoms with Crippen molar-refractivity contribution in [3.8, 4) is 0 Å². The van der Waals surface area contributed by atoms with E-state index in [1.165, 1.54) is 0 Å². The molecule has 6 nitrogen and oxygen atoms in total. The van der Waals surface area contributed by atoms with E-state index in [2.05, 4.69) is 15.6 Å². The van der Waals surface area contributed by atoms with Crippen LogP contribution in [0.4, 0.5) is 4.79 Å². The number of para-hydroxylation sites is 1. The lowest BCUT2D eigenvalue weighted by Gasteiger charge is -2.29. The van der Waals surface area contributed by atoms with Crippen LogP contribution in [0.2, 0.25) is 0 Å². The fourth-order valence-electron chi connectivity index (χ4n) is 3.04. The van der Waals surface area contributed by atoms with E-state index in [1.807, 2.05) is 54.9 Å². The number of carbonyl (C=O) groups excluding carboxylic acids is 1. The average Bonchev–Trinajstić information content (AvgIpc) is 3.24. The SMILES string of the molecule is CC(NC(=O)C(C)(Cc1c[nH]c2ccccc12)NC(=O)O)c1cccs1. The minimum absolute atomic E-state index is 0.194. The van der Waals surface area contributed by atoms with E-state index in [9.17, 15) is 14.7 Å². The van der Waals surface area contributed by atoms with Crippen LogP contribution in [0.1, 0.15) is 30.3 Å². The minimum atomic E-state index is -1.29. The Balaban J connectivity index is 1.85. The lowest BCUT2D eigenvalue weighted by molar-refractivity contribution is -0.127. The van der Waals surface area contributed by atoms with E-state index >= 15 is 0 Å². The molecule has 2 aromatic heterocycles. The summed E-state index contributed by atoms with van der Waals surface area (Å²) in [7, 11) is 0. The van der Waals surface area contributed by atoms with Gasteiger partial charge in [-0.3, -0.25) is 4.79 Å². The first-order chi connectivity index (χ1) is 12.4. The fraction of sp³-hybridized carbons (Fsp3) is 0.263. The highest BCUT2D eigenvalue weighted by atomic mass is 32.1. The summed E-state index contributed by atoms with van der Waals surface area (Å²) in [6.45, 7) is 3.50. The number of rotatable bonds is 6. The summed E-state index contributed by atoms with van der Waals surface area (Å²) in [4.78, 5) is 28.4. The molecule has 136 valence electrons. The first-order valence-electron chi connectivity index (χ1n) is 8.29. The smallest absolute Gasteiger partial charge is 0.405 e. The highest BCUT2D eigenvalue weighted by Crippen LogP contribution is 2.24. The Labute approximate surface area is 155 Å². The Bertz CT molecular complexity index is 919. The van der Waals surface area contributed by atoms with E-state index in [4.69, 9.17) is 0 Å². The maximum atomic E-state index is 12.9. The number of aromatic amines is 1. The number of aromatic nitrogens is 1. The molecule has 4 N–H and O–H groups in total. The molecule has 0 saturated carbocycles. The van der Waals surface area contributed by atoms with Gasteiger partial charge in [0.1, 0.15) is 5.54 Å². The Morgan fingerprint density at radius 1 is 1.27 bits per heavy atom. The van der Waals surface area contributed by atoms with Crippen molar-refractivity contribution in [2.45, 2.75) is 31.8 Å². The molecule has 3 aromatic rings. The Morgan fingerprint density at radius 2 is 2.04 bits per heavy atom. The molecular formula is C19H21N3O3S. The van der Waals surface area contributed by atoms with Crippen molar-refractivity contribution < 1.29 is 14.7 Å². The number of hydrogen-bond donors (Lipinski definition) is 4. The van der Waals surface area contributed by atoms with Crippen LogP contribution in [-0.4, -0.2) is 27.6 Å². The molecule has 0 fully saturated rings. The molecular weight excluding hydrogens is 350 g/mol. The first-order valence-corrected chi connectivity index (χ1v) is 9.17. The molecule has 3 rings (SSSR count). The number of nitrogens with one attached hydrogen (secondary N) is 3. The largest absolute Gasteiger partial charge is 0.465 e. The van der Waals surface area contributed by atoms with E-state index in [0.29, 0.717) is 0 Å². The predicted octanol–water partition coefficient (Wildman–Crippen LogP) is 3.68. The molecule has 0 aliphatic heterocycles. The topological polar surface area (TPSA) is 94.2 Å². The molecule has 2 atom stereocenters. The van der Waals surface area contributed by atoms with Crippen molar-refractivity contribution in [3.63, 3.8) is 0 Å². The van der Waals surface area contributed by atoms with Crippen LogP contribution in [0.25, 0.3) is 10.9 Å². The number of hydrogen-bond acceptors (Lipinski definition) is 3. The van der Waals surface area contributed by atoms with Crippen LogP contribution in [0, 0.1) is 0 Å². The maximum Gasteiger partial charge on any atom is 0.405 e. The Hall–Kier alpha value is -2.80. The standard InChI is InChI=1S/C19H21N3O3S/c1-12(16-8-5-9-26-16)21-17(23)19(2,22-18(24)25)10-13-11-20-15-7-4-3-6-14(13)15/h3-9,11-12,20,22H,10H2,1-2H3,(H,21,23)(H,24,25). The summed E-state index contributed by atoms with van der Waals surface area (Å²) in [5.74, 6) is -0.355. The van der Waals surface area contributed by atoms with Gasteiger partial charge in [-0.25, -0.2) is 4.79 Å². The molecule has 7 heteroatoms. The molecule has 0 bridgehead atoms. The first kappa shape index (κ1) is 18.0. The summed E-state index contributed by atoms with van der Waals surface area (Å²) in [6, 6.07) is 11.4. The monoisotopic (exact) mass is 371 g/mol. The van der Waals surface area contributed by atoms with Gasteiger partial charge >= 0.3 is 6.09 Å². The number of carbonyl (C=O) groups is 2. The van der Waals surface area contributed by atoms with Gasteiger partial charge in [-0.15, -0.1) is 11.3 Å². The van der Waals surface area contributed by atoms with Gasteiger partial charge in [0.05, 0.1) is 6.04 Å². The highest BCUT2D eigenvalue weighted by Gasteiger charge is 2.36. The Morgan fingerprint density at radius 3 is 2.73 bits per heavy atom. The van der Waals surface area contributed by atoms with Crippen LogP contribution in [-0.2, 0) is 11.2 Å². The normalized spacial score (nSPS) is 14.5. The molecule has 0 aliphatic carbocycles. The number of carboxylic acid groups (broad SMARTS) is 1. The van der Waals surface area contributed by atoms with Gasteiger partial charge in [0.25, 0.3) is 0 Å². The van der Waals surface area contributed by atoms with E-state index in [-0.39, 0.29) is 18.4 Å². The number of benzene rings is 1. The highest BCUT2D eigenvalue weighted by molar-refractivity contribution is 7.10. The van der Waals surface area contributed by atoms with Gasteiger partial charge in [-0.2, -0.15) is 0 Å². The van der Waals surface area contributed by atoms with Crippen LogP contribution in [0.3, 0.4) is 0 Å². The molecule has 0 radical (unpaired) electrons. The van der Waals surface area contributed by atoms with Crippen LogP contribution in [0.5, 0.6) is 0 Å². The van der Waals surface area contributed by atoms with Crippen molar-refractivity contribution in [1.82, 2.24) is 15.6 Å². The lowest BCUT2D eigenvalue weighted by Crippen LogP contribution is -2.58. The van der Waals surface area contributed by atoms with Gasteiger partial charge in [-0.1, -0.05) is 24.3 Å². The van der Waals surface area contributed by atoms with Crippen LogP contribution in [0.15, 0.2) is 48.0 Å². The number of H-pyrrole nitrogens is 1. The third-order valence-corrected chi connectivity index (χ3v) is 5.48. The minimum Gasteiger partial charge on any atom is -0.465 e. The van der Waals surface area contributed by atoms with Crippen molar-refractivity contribution in [3.05, 3.63) is 58.4 Å². The number of thiophene rings is 1. The Kier molecular flexibility index (Phi) is 4.99. The molecule has 1 aromatic carbocycles. The summed E-state index contributed by atoms with van der Waals surface area (Å²) < 4.78 is 0. The number of amides is 2. The molecule has 2 heterocycles. The molecule has 0 aliphatic rings. The molecule has 2 unspecified atom stereocenters. The van der Waals surface area contributed by atoms with E-state index in [1.54, 1.807) is 18.3 Å². The molecule has 0 saturated heterocycles. The zero-order valence-corrected chi connectivity index (χ0v) is 15.4. The van der Waals surface area contributed by atoms with E-state index in [0.717, 1.165) is 21.3 Å². The van der Waals surface area contributed by atoms with Gasteiger partial charge in [-0.05, 0) is 36.9 Å². The van der Waals surface area contributed by atoms with Gasteiger partial charge in [0.2, 0.25) is 5.91 Å². The third kappa shape index (κ3) is 3.72. The van der Waals surface area contributed by atoms with Crippen molar-refractivity contribution in [2.75, 3.05) is 0 Å². The van der Waals surface area contributed by atoms with Gasteiger partial charge in [0, 0.05) is 28.4 Å². The van der Waals surface area contributed by atoms with Gasteiger partial charge in [0.15, 0.2) is 0 Å². The zero-order valence-electron chi connectivity index (χ0n) is 14.6. The van der Waals surface area contributed by atoms with Crippen LogP contribution < -0.4 is 10.6 Å². The summed E-state index contributed by atoms with van der Waals surface area (Å²) in [5.41, 5.74) is 0.547.